The van der Waals surface area contributed by atoms with Crippen LogP contribution in [0.4, 0.5) is 0 Å². The molecule has 0 amide bonds. The molecule has 0 unspecified atom stereocenters. The lowest BCUT2D eigenvalue weighted by atomic mass is 9.88. The Balaban J connectivity index is 2.70. The van der Waals surface area contributed by atoms with Crippen LogP contribution in [-0.2, 0) is 21.7 Å². The van der Waals surface area contributed by atoms with Gasteiger partial charge >= 0.3 is 0 Å². The monoisotopic (exact) mass is 212 g/mol. The van der Waals surface area contributed by atoms with Crippen LogP contribution in [-0.4, -0.2) is 12.2 Å². The predicted octanol–water partition coefficient (Wildman–Crippen LogP) is 1.62. The van der Waals surface area contributed by atoms with Gasteiger partial charge < -0.3 is 0 Å². The van der Waals surface area contributed by atoms with Crippen LogP contribution in [0.15, 0.2) is 46.4 Å². The zero-order valence-electron chi connectivity index (χ0n) is 8.38. The van der Waals surface area contributed by atoms with E-state index < -0.39 is 5.66 Å². The van der Waals surface area contributed by atoms with Gasteiger partial charge in [0.1, 0.15) is 0 Å². The van der Waals surface area contributed by atoms with Crippen molar-refractivity contribution in [3.05, 3.63) is 47.5 Å². The fraction of sp³-hybridized carbons (Fsp3) is 0.167. The number of fused-ring (bicyclic) bond motifs is 1. The second kappa shape index (κ2) is 4.07. The smallest absolute Gasteiger partial charge is 0.211 e. The highest BCUT2D eigenvalue weighted by atomic mass is 16.1. The molecule has 0 heterocycles. The van der Waals surface area contributed by atoms with Crippen molar-refractivity contribution in [2.24, 2.45) is 9.98 Å². The van der Waals surface area contributed by atoms with Crippen LogP contribution >= 0.6 is 0 Å². The van der Waals surface area contributed by atoms with Crippen LogP contribution in [0.5, 0.6) is 0 Å². The summed E-state index contributed by atoms with van der Waals surface area (Å²) in [6, 6.07) is 7.40. The minimum atomic E-state index is -1.27. The quantitative estimate of drug-likeness (QED) is 0.425. The maximum Gasteiger partial charge on any atom is 0.238 e. The number of carbonyl (C=O) groups excluding carboxylic acids is 2. The van der Waals surface area contributed by atoms with Crippen LogP contribution in [0.25, 0.3) is 0 Å². The molecule has 0 bridgehead atoms. The van der Waals surface area contributed by atoms with Crippen LogP contribution in [0, 0.1) is 0 Å². The highest BCUT2D eigenvalue weighted by Crippen LogP contribution is 2.34. The molecule has 0 spiro atoms. The van der Waals surface area contributed by atoms with Crippen molar-refractivity contribution >= 4 is 12.2 Å². The van der Waals surface area contributed by atoms with Crippen LogP contribution in [0.1, 0.15) is 11.1 Å². The topological polar surface area (TPSA) is 58.9 Å². The summed E-state index contributed by atoms with van der Waals surface area (Å²) in [4.78, 5) is 28.1. The Morgan fingerprint density at radius 3 is 2.50 bits per heavy atom. The molecule has 0 atom stereocenters. The summed E-state index contributed by atoms with van der Waals surface area (Å²) in [5.74, 6) is 0. The van der Waals surface area contributed by atoms with Gasteiger partial charge in [0.05, 0.1) is 0 Å². The fourth-order valence-electron chi connectivity index (χ4n) is 1.86. The van der Waals surface area contributed by atoms with Gasteiger partial charge in [0.2, 0.25) is 17.8 Å². The Kier molecular flexibility index (Phi) is 2.61. The molecule has 16 heavy (non-hydrogen) atoms. The minimum absolute atomic E-state index is 0.726. The Bertz CT molecular complexity index is 518. The molecular weight excluding hydrogens is 204 g/mol. The molecule has 4 nitrogen and oxygen atoms in total. The molecule has 0 aromatic heterocycles. The van der Waals surface area contributed by atoms with E-state index in [1.165, 1.54) is 12.2 Å². The van der Waals surface area contributed by atoms with E-state index >= 15 is 0 Å². The first-order chi connectivity index (χ1) is 7.82. The highest BCUT2D eigenvalue weighted by Gasteiger charge is 2.32. The number of rotatable bonds is 2. The zero-order valence-corrected chi connectivity index (χ0v) is 8.38. The van der Waals surface area contributed by atoms with Gasteiger partial charge in [-0.3, -0.25) is 0 Å². The predicted molar refractivity (Wildman–Crippen MR) is 57.2 cm³/mol. The summed E-state index contributed by atoms with van der Waals surface area (Å²) in [5.41, 5.74) is 0.449. The van der Waals surface area contributed by atoms with Crippen molar-refractivity contribution < 1.29 is 9.59 Å². The number of nitrogens with zero attached hydrogens (tertiary/aromatic N) is 2. The third-order valence-electron chi connectivity index (χ3n) is 2.53. The highest BCUT2D eigenvalue weighted by molar-refractivity contribution is 5.49. The Hall–Kier alpha value is -2.28. The normalized spacial score (nSPS) is 21.5. The summed E-state index contributed by atoms with van der Waals surface area (Å²) in [6.45, 7) is 0. The Morgan fingerprint density at radius 2 is 1.81 bits per heavy atom. The lowest BCUT2D eigenvalue weighted by Crippen LogP contribution is -2.22. The molecule has 0 N–H and O–H groups in total. The molecule has 0 fully saturated rings. The van der Waals surface area contributed by atoms with E-state index in [1.807, 2.05) is 24.3 Å². The van der Waals surface area contributed by atoms with Gasteiger partial charge in [-0.1, -0.05) is 30.3 Å². The standard InChI is InChI=1S/C12H8N2O2/c15-8-13-12(14-9-16)7-3-5-10-4-1-2-6-11(10)12/h1-4,6-7H,5H2. The zero-order chi connectivity index (χ0) is 11.4. The van der Waals surface area contributed by atoms with E-state index in [1.54, 1.807) is 12.1 Å². The maximum absolute atomic E-state index is 10.4. The van der Waals surface area contributed by atoms with E-state index in [2.05, 4.69) is 9.98 Å². The first kappa shape index (κ1) is 10.2. The summed E-state index contributed by atoms with van der Waals surface area (Å²) in [5, 5.41) is 0. The van der Waals surface area contributed by atoms with Crippen LogP contribution in [0.2, 0.25) is 0 Å². The molecular formula is C12H8N2O2. The maximum atomic E-state index is 10.4. The number of benzene rings is 1. The first-order valence-corrected chi connectivity index (χ1v) is 4.76. The Morgan fingerprint density at radius 1 is 1.12 bits per heavy atom. The lowest BCUT2D eigenvalue weighted by Gasteiger charge is -2.24. The van der Waals surface area contributed by atoms with Crippen molar-refractivity contribution in [1.29, 1.82) is 0 Å². The molecule has 2 rings (SSSR count). The number of aliphatic imine (C=N–C) groups is 2. The molecule has 0 saturated carbocycles. The Labute approximate surface area is 92.0 Å². The first-order valence-electron chi connectivity index (χ1n) is 4.76. The van der Waals surface area contributed by atoms with E-state index in [-0.39, 0.29) is 0 Å². The van der Waals surface area contributed by atoms with E-state index in [9.17, 15) is 9.59 Å². The molecule has 1 aliphatic carbocycles. The number of allylic oxidation sites excluding steroid dienone is 1. The van der Waals surface area contributed by atoms with Crippen LogP contribution < -0.4 is 0 Å². The summed E-state index contributed by atoms with van der Waals surface area (Å²) >= 11 is 0. The molecule has 78 valence electrons. The molecule has 1 aliphatic rings. The van der Waals surface area contributed by atoms with Crippen molar-refractivity contribution in [3.63, 3.8) is 0 Å². The van der Waals surface area contributed by atoms with Crippen molar-refractivity contribution in [2.45, 2.75) is 12.1 Å². The SMILES string of the molecule is O=C=NC1(N=C=O)C=CCc2ccccc21. The number of isocyanates is 2. The molecule has 1 aromatic carbocycles. The van der Waals surface area contributed by atoms with E-state index in [0.29, 0.717) is 0 Å². The van der Waals surface area contributed by atoms with E-state index in [0.717, 1.165) is 17.5 Å². The summed E-state index contributed by atoms with van der Waals surface area (Å²) < 4.78 is 0. The molecule has 1 aromatic rings. The molecule has 4 heteroatoms. The second-order valence-corrected chi connectivity index (χ2v) is 3.40. The van der Waals surface area contributed by atoms with Crippen LogP contribution in [0.3, 0.4) is 0 Å². The fourth-order valence-corrected chi connectivity index (χ4v) is 1.86. The van der Waals surface area contributed by atoms with E-state index in [4.69, 9.17) is 0 Å². The van der Waals surface area contributed by atoms with Gasteiger partial charge in [0.15, 0.2) is 0 Å². The van der Waals surface area contributed by atoms with Gasteiger partial charge in [0, 0.05) is 5.56 Å². The average molecular weight is 212 g/mol. The van der Waals surface area contributed by atoms with Crippen molar-refractivity contribution in [1.82, 2.24) is 0 Å². The number of hydrogen-bond donors (Lipinski definition) is 0. The van der Waals surface area contributed by atoms with Gasteiger partial charge in [0.25, 0.3) is 0 Å². The molecule has 0 radical (unpaired) electrons. The average Bonchev–Trinajstić information content (AvgIpc) is 2.30. The second-order valence-electron chi connectivity index (χ2n) is 3.40. The molecule has 0 saturated heterocycles. The summed E-state index contributed by atoms with van der Waals surface area (Å²) in [6.07, 6.45) is 7.09. The third-order valence-corrected chi connectivity index (χ3v) is 2.53. The number of hydrogen-bond acceptors (Lipinski definition) is 4. The van der Waals surface area contributed by atoms with Gasteiger partial charge in [-0.25, -0.2) is 9.59 Å². The van der Waals surface area contributed by atoms with Gasteiger partial charge in [-0.05, 0) is 18.1 Å². The lowest BCUT2D eigenvalue weighted by molar-refractivity contribution is 0.520. The molecule has 0 aliphatic heterocycles. The van der Waals surface area contributed by atoms with Gasteiger partial charge in [-0.2, -0.15) is 9.98 Å². The van der Waals surface area contributed by atoms with Crippen molar-refractivity contribution in [3.8, 4) is 0 Å². The van der Waals surface area contributed by atoms with Gasteiger partial charge in [-0.15, -0.1) is 0 Å². The minimum Gasteiger partial charge on any atom is -0.211 e. The largest absolute Gasteiger partial charge is 0.238 e. The summed E-state index contributed by atoms with van der Waals surface area (Å²) in [7, 11) is 0. The van der Waals surface area contributed by atoms with Crippen molar-refractivity contribution in [2.75, 3.05) is 0 Å². The third kappa shape index (κ3) is 1.52.